The molecule has 0 unspecified atom stereocenters. The van der Waals surface area contributed by atoms with E-state index in [1.807, 2.05) is 0 Å². The number of nitrogens with one attached hydrogen (secondary N) is 2. The van der Waals surface area contributed by atoms with Crippen molar-refractivity contribution in [3.05, 3.63) is 58.6 Å². The first kappa shape index (κ1) is 23.5. The number of halogens is 1. The summed E-state index contributed by atoms with van der Waals surface area (Å²) in [6, 6.07) is 11.0. The van der Waals surface area contributed by atoms with Crippen molar-refractivity contribution < 1.29 is 27.5 Å². The number of rotatable bonds is 9. The number of hydrogen-bond acceptors (Lipinski definition) is 6. The van der Waals surface area contributed by atoms with Gasteiger partial charge < -0.3 is 20.1 Å². The van der Waals surface area contributed by atoms with Gasteiger partial charge in [-0.15, -0.1) is 0 Å². The zero-order valence-corrected chi connectivity index (χ0v) is 18.2. The fourth-order valence-corrected chi connectivity index (χ4v) is 3.75. The van der Waals surface area contributed by atoms with E-state index in [-0.39, 0.29) is 17.4 Å². The SMILES string of the molecule is CCOC(=O)NCS(=O)(=O)c1ccc(CCNC(=O)c2cc(Cl)ccc2OC)cc1. The van der Waals surface area contributed by atoms with Crippen LogP contribution in [0.4, 0.5) is 4.79 Å². The lowest BCUT2D eigenvalue weighted by atomic mass is 10.1. The summed E-state index contributed by atoms with van der Waals surface area (Å²) in [5, 5.41) is 5.40. The van der Waals surface area contributed by atoms with Gasteiger partial charge in [-0.3, -0.25) is 4.79 Å². The van der Waals surface area contributed by atoms with E-state index in [2.05, 4.69) is 15.4 Å². The van der Waals surface area contributed by atoms with Crippen LogP contribution in [0.2, 0.25) is 5.02 Å². The van der Waals surface area contributed by atoms with Crippen LogP contribution in [0.15, 0.2) is 47.4 Å². The van der Waals surface area contributed by atoms with Gasteiger partial charge in [0.15, 0.2) is 9.84 Å². The van der Waals surface area contributed by atoms with Crippen LogP contribution in [0, 0.1) is 0 Å². The van der Waals surface area contributed by atoms with Crippen molar-refractivity contribution >= 4 is 33.4 Å². The van der Waals surface area contributed by atoms with Crippen LogP contribution in [0.5, 0.6) is 5.75 Å². The quantitative estimate of drug-likeness (QED) is 0.602. The van der Waals surface area contributed by atoms with E-state index in [1.165, 1.54) is 25.3 Å². The predicted octanol–water partition coefficient (Wildman–Crippen LogP) is 2.80. The summed E-state index contributed by atoms with van der Waals surface area (Å²) in [7, 11) is -2.21. The Morgan fingerprint density at radius 2 is 1.77 bits per heavy atom. The van der Waals surface area contributed by atoms with Crippen molar-refractivity contribution in [1.29, 1.82) is 0 Å². The van der Waals surface area contributed by atoms with E-state index in [0.717, 1.165) is 5.56 Å². The number of amides is 2. The summed E-state index contributed by atoms with van der Waals surface area (Å²) in [6.07, 6.45) is -0.291. The third-order valence-electron chi connectivity index (χ3n) is 4.07. The van der Waals surface area contributed by atoms with Gasteiger partial charge in [0.25, 0.3) is 5.91 Å². The van der Waals surface area contributed by atoms with Crippen LogP contribution in [0.3, 0.4) is 0 Å². The molecule has 2 N–H and O–H groups in total. The topological polar surface area (TPSA) is 111 Å². The Bertz CT molecular complexity index is 993. The van der Waals surface area contributed by atoms with Crippen LogP contribution in [-0.4, -0.2) is 46.6 Å². The van der Waals surface area contributed by atoms with Crippen LogP contribution in [0.1, 0.15) is 22.8 Å². The highest BCUT2D eigenvalue weighted by Gasteiger charge is 2.16. The Balaban J connectivity index is 1.91. The molecular formula is C20H23ClN2O6S. The molecule has 0 aliphatic carbocycles. The molecule has 0 aliphatic heterocycles. The Morgan fingerprint density at radius 1 is 1.07 bits per heavy atom. The molecule has 30 heavy (non-hydrogen) atoms. The molecule has 2 rings (SSSR count). The maximum atomic E-state index is 12.4. The normalized spacial score (nSPS) is 10.9. The average Bonchev–Trinajstić information content (AvgIpc) is 2.73. The van der Waals surface area contributed by atoms with Gasteiger partial charge >= 0.3 is 6.09 Å². The highest BCUT2D eigenvalue weighted by atomic mass is 35.5. The van der Waals surface area contributed by atoms with E-state index in [1.54, 1.807) is 31.2 Å². The van der Waals surface area contributed by atoms with Gasteiger partial charge in [0.05, 0.1) is 24.2 Å². The molecule has 2 aromatic carbocycles. The molecule has 10 heteroatoms. The standard InChI is InChI=1S/C20H23ClN2O6S/c1-3-29-20(25)23-13-30(26,27)16-7-4-14(5-8-16)10-11-22-19(24)17-12-15(21)6-9-18(17)28-2/h4-9,12H,3,10-11,13H2,1-2H3,(H,22,24)(H,23,25). The molecule has 0 atom stereocenters. The van der Waals surface area contributed by atoms with Crippen molar-refractivity contribution in [1.82, 2.24) is 10.6 Å². The highest BCUT2D eigenvalue weighted by molar-refractivity contribution is 7.91. The van der Waals surface area contributed by atoms with Crippen LogP contribution < -0.4 is 15.4 Å². The molecule has 0 aliphatic rings. The molecule has 0 spiro atoms. The first-order chi connectivity index (χ1) is 14.3. The van der Waals surface area contributed by atoms with E-state index in [0.29, 0.717) is 29.3 Å². The molecule has 0 heterocycles. The Labute approximate surface area is 180 Å². The number of methoxy groups -OCH3 is 1. The summed E-state index contributed by atoms with van der Waals surface area (Å²) in [5.74, 6) is -0.454. The molecule has 0 saturated heterocycles. The second-order valence-electron chi connectivity index (χ2n) is 6.15. The van der Waals surface area contributed by atoms with Gasteiger partial charge in [-0.1, -0.05) is 23.7 Å². The monoisotopic (exact) mass is 454 g/mol. The zero-order chi connectivity index (χ0) is 22.1. The first-order valence-corrected chi connectivity index (χ1v) is 11.1. The minimum absolute atomic E-state index is 0.0794. The number of alkyl carbamates (subject to hydrolysis) is 1. The molecule has 0 bridgehead atoms. The Morgan fingerprint density at radius 3 is 2.40 bits per heavy atom. The van der Waals surface area contributed by atoms with E-state index < -0.39 is 21.8 Å². The smallest absolute Gasteiger partial charge is 0.407 e. The highest BCUT2D eigenvalue weighted by Crippen LogP contribution is 2.22. The van der Waals surface area contributed by atoms with Crippen molar-refractivity contribution in [3.8, 4) is 5.75 Å². The molecule has 8 nitrogen and oxygen atoms in total. The lowest BCUT2D eigenvalue weighted by molar-refractivity contribution is 0.0951. The maximum Gasteiger partial charge on any atom is 0.407 e. The van der Waals surface area contributed by atoms with E-state index >= 15 is 0 Å². The molecule has 162 valence electrons. The lowest BCUT2D eigenvalue weighted by Crippen LogP contribution is -2.30. The summed E-state index contributed by atoms with van der Waals surface area (Å²) < 4.78 is 34.3. The number of benzene rings is 2. The van der Waals surface area contributed by atoms with Gasteiger partial charge in [-0.05, 0) is 49.2 Å². The number of ether oxygens (including phenoxy) is 2. The summed E-state index contributed by atoms with van der Waals surface area (Å²) in [4.78, 5) is 23.7. The summed E-state index contributed by atoms with van der Waals surface area (Å²) in [5.41, 5.74) is 1.17. The second kappa shape index (κ2) is 10.8. The first-order valence-electron chi connectivity index (χ1n) is 9.11. The minimum Gasteiger partial charge on any atom is -0.496 e. The van der Waals surface area contributed by atoms with Crippen molar-refractivity contribution in [2.45, 2.75) is 18.2 Å². The summed E-state index contributed by atoms with van der Waals surface area (Å²) in [6.45, 7) is 2.12. The van der Waals surface area contributed by atoms with Gasteiger partial charge in [0.2, 0.25) is 0 Å². The predicted molar refractivity (Wildman–Crippen MR) is 113 cm³/mol. The van der Waals surface area contributed by atoms with Gasteiger partial charge in [-0.25, -0.2) is 13.2 Å². The number of carbonyl (C=O) groups is 2. The molecule has 0 fully saturated rings. The van der Waals surface area contributed by atoms with Gasteiger partial charge in [0.1, 0.15) is 11.6 Å². The minimum atomic E-state index is -3.68. The van der Waals surface area contributed by atoms with E-state index in [4.69, 9.17) is 16.3 Å². The van der Waals surface area contributed by atoms with Crippen LogP contribution in [0.25, 0.3) is 0 Å². The Hall–Kier alpha value is -2.78. The molecule has 2 amide bonds. The van der Waals surface area contributed by atoms with Crippen molar-refractivity contribution in [3.63, 3.8) is 0 Å². The Kier molecular flexibility index (Phi) is 8.49. The van der Waals surface area contributed by atoms with Crippen LogP contribution in [-0.2, 0) is 21.0 Å². The van der Waals surface area contributed by atoms with Crippen molar-refractivity contribution in [2.24, 2.45) is 0 Å². The maximum absolute atomic E-state index is 12.4. The molecule has 0 radical (unpaired) electrons. The fraction of sp³-hybridized carbons (Fsp3) is 0.300. The molecular weight excluding hydrogens is 432 g/mol. The average molecular weight is 455 g/mol. The zero-order valence-electron chi connectivity index (χ0n) is 16.6. The number of hydrogen-bond donors (Lipinski definition) is 2. The van der Waals surface area contributed by atoms with Crippen LogP contribution >= 0.6 is 11.6 Å². The fourth-order valence-electron chi connectivity index (χ4n) is 2.56. The largest absolute Gasteiger partial charge is 0.496 e. The lowest BCUT2D eigenvalue weighted by Gasteiger charge is -2.10. The molecule has 0 saturated carbocycles. The third-order valence-corrected chi connectivity index (χ3v) is 5.82. The molecule has 2 aromatic rings. The molecule has 0 aromatic heterocycles. The summed E-state index contributed by atoms with van der Waals surface area (Å²) >= 11 is 5.94. The van der Waals surface area contributed by atoms with E-state index in [9.17, 15) is 18.0 Å². The van der Waals surface area contributed by atoms with Gasteiger partial charge in [-0.2, -0.15) is 0 Å². The number of carbonyl (C=O) groups excluding carboxylic acids is 2. The van der Waals surface area contributed by atoms with Gasteiger partial charge in [0, 0.05) is 11.6 Å². The van der Waals surface area contributed by atoms with Crippen molar-refractivity contribution in [2.75, 3.05) is 26.1 Å². The second-order valence-corrected chi connectivity index (χ2v) is 8.58. The third kappa shape index (κ3) is 6.64. The number of sulfone groups is 1.